The van der Waals surface area contributed by atoms with E-state index in [0.717, 1.165) is 25.8 Å². The number of sulfonamides is 1. The largest absolute Gasteiger partial charge is 0.316 e. The molecule has 0 aliphatic heterocycles. The van der Waals surface area contributed by atoms with Crippen LogP contribution in [0.2, 0.25) is 0 Å². The van der Waals surface area contributed by atoms with Crippen molar-refractivity contribution >= 4 is 10.0 Å². The van der Waals surface area contributed by atoms with Crippen molar-refractivity contribution in [3.8, 4) is 12.3 Å². The van der Waals surface area contributed by atoms with Crippen LogP contribution in [0.15, 0.2) is 0 Å². The molecule has 0 unspecified atom stereocenters. The minimum atomic E-state index is -3.03. The van der Waals surface area contributed by atoms with Gasteiger partial charge in [-0.3, -0.25) is 0 Å². The number of nitrogens with one attached hydrogen (secondary N) is 2. The summed E-state index contributed by atoms with van der Waals surface area (Å²) in [6, 6.07) is 0. The smallest absolute Gasteiger partial charge is 0.208 e. The summed E-state index contributed by atoms with van der Waals surface area (Å²) in [7, 11) is -3.03. The van der Waals surface area contributed by atoms with E-state index >= 15 is 0 Å². The molecule has 0 radical (unpaired) electrons. The Morgan fingerprint density at radius 3 is 2.54 bits per heavy atom. The Kier molecular flexibility index (Phi) is 6.59. The molecule has 0 aromatic rings. The number of rotatable bonds is 7. The van der Waals surface area contributed by atoms with Crippen LogP contribution in [-0.4, -0.2) is 34.3 Å². The molecule has 13 heavy (non-hydrogen) atoms. The van der Waals surface area contributed by atoms with Gasteiger partial charge in [0.05, 0.1) is 6.26 Å². The van der Waals surface area contributed by atoms with Crippen LogP contribution in [0, 0.1) is 12.3 Å². The highest BCUT2D eigenvalue weighted by molar-refractivity contribution is 7.88. The van der Waals surface area contributed by atoms with E-state index in [0.29, 0.717) is 13.0 Å². The Morgan fingerprint density at radius 2 is 2.00 bits per heavy atom. The lowest BCUT2D eigenvalue weighted by Gasteiger charge is -2.02. The highest BCUT2D eigenvalue weighted by Gasteiger charge is 1.97. The SMILES string of the molecule is C#CCCNCCCNS(C)(=O)=O. The zero-order valence-corrected chi connectivity index (χ0v) is 8.65. The summed E-state index contributed by atoms with van der Waals surface area (Å²) in [5.74, 6) is 2.51. The summed E-state index contributed by atoms with van der Waals surface area (Å²) >= 11 is 0. The van der Waals surface area contributed by atoms with E-state index in [1.165, 1.54) is 0 Å². The molecule has 0 atom stereocenters. The molecule has 0 aliphatic rings. The maximum atomic E-state index is 10.6. The van der Waals surface area contributed by atoms with Crippen molar-refractivity contribution in [2.24, 2.45) is 0 Å². The summed E-state index contributed by atoms with van der Waals surface area (Å²) in [5.41, 5.74) is 0. The number of hydrogen-bond donors (Lipinski definition) is 2. The van der Waals surface area contributed by atoms with Gasteiger partial charge in [-0.15, -0.1) is 12.3 Å². The Morgan fingerprint density at radius 1 is 1.31 bits per heavy atom. The van der Waals surface area contributed by atoms with Crippen LogP contribution in [0.25, 0.3) is 0 Å². The van der Waals surface area contributed by atoms with Crippen molar-refractivity contribution in [2.45, 2.75) is 12.8 Å². The molecule has 0 aromatic carbocycles. The number of hydrogen-bond acceptors (Lipinski definition) is 3. The first-order valence-electron chi connectivity index (χ1n) is 4.15. The summed E-state index contributed by atoms with van der Waals surface area (Å²) in [6.45, 7) is 2.04. The van der Waals surface area contributed by atoms with Crippen LogP contribution in [0.4, 0.5) is 0 Å². The highest BCUT2D eigenvalue weighted by Crippen LogP contribution is 1.78. The van der Waals surface area contributed by atoms with Crippen molar-refractivity contribution < 1.29 is 8.42 Å². The fourth-order valence-electron chi connectivity index (χ4n) is 0.757. The molecule has 0 amide bonds. The van der Waals surface area contributed by atoms with Gasteiger partial charge in [0.2, 0.25) is 10.0 Å². The monoisotopic (exact) mass is 204 g/mol. The molecular formula is C8H16N2O2S. The Balaban J connectivity index is 3.14. The standard InChI is InChI=1S/C8H16N2O2S/c1-3-4-6-9-7-5-8-10-13(2,11)12/h1,9-10H,4-8H2,2H3. The second-order valence-electron chi connectivity index (χ2n) is 2.72. The molecule has 0 saturated heterocycles. The normalized spacial score (nSPS) is 11.1. The third kappa shape index (κ3) is 11.4. The third-order valence-electron chi connectivity index (χ3n) is 1.34. The molecule has 0 fully saturated rings. The molecule has 2 N–H and O–H groups in total. The zero-order chi connectivity index (χ0) is 10.2. The predicted molar refractivity (Wildman–Crippen MR) is 53.8 cm³/mol. The Bertz CT molecular complexity index is 254. The van der Waals surface area contributed by atoms with Gasteiger partial charge in [-0.1, -0.05) is 0 Å². The van der Waals surface area contributed by atoms with E-state index in [2.05, 4.69) is 16.0 Å². The first-order valence-corrected chi connectivity index (χ1v) is 6.04. The average Bonchev–Trinajstić information content (AvgIpc) is 2.01. The molecule has 0 saturated carbocycles. The molecule has 0 aliphatic carbocycles. The fourth-order valence-corrected chi connectivity index (χ4v) is 1.27. The first kappa shape index (κ1) is 12.4. The Labute approximate surface area is 80.2 Å². The maximum Gasteiger partial charge on any atom is 0.208 e. The minimum Gasteiger partial charge on any atom is -0.316 e. The molecule has 4 nitrogen and oxygen atoms in total. The van der Waals surface area contributed by atoms with Gasteiger partial charge in [-0.05, 0) is 13.0 Å². The molecule has 0 bridgehead atoms. The van der Waals surface area contributed by atoms with Crippen molar-refractivity contribution in [1.29, 1.82) is 0 Å². The van der Waals surface area contributed by atoms with Gasteiger partial charge >= 0.3 is 0 Å². The average molecular weight is 204 g/mol. The van der Waals surface area contributed by atoms with Crippen LogP contribution in [0.3, 0.4) is 0 Å². The van der Waals surface area contributed by atoms with Gasteiger partial charge in [0.15, 0.2) is 0 Å². The van der Waals surface area contributed by atoms with Crippen LogP contribution < -0.4 is 10.0 Å². The second-order valence-corrected chi connectivity index (χ2v) is 4.56. The van der Waals surface area contributed by atoms with Crippen molar-refractivity contribution in [1.82, 2.24) is 10.0 Å². The predicted octanol–water partition coefficient (Wildman–Crippen LogP) is -0.461. The quantitative estimate of drug-likeness (QED) is 0.436. The minimum absolute atomic E-state index is 0.474. The van der Waals surface area contributed by atoms with Crippen LogP contribution in [-0.2, 0) is 10.0 Å². The Hall–Kier alpha value is -0.570. The fraction of sp³-hybridized carbons (Fsp3) is 0.750. The van der Waals surface area contributed by atoms with Crippen molar-refractivity contribution in [3.63, 3.8) is 0 Å². The van der Waals surface area contributed by atoms with E-state index in [1.54, 1.807) is 0 Å². The van der Waals surface area contributed by atoms with Crippen LogP contribution in [0.5, 0.6) is 0 Å². The van der Waals surface area contributed by atoms with Crippen molar-refractivity contribution in [2.75, 3.05) is 25.9 Å². The van der Waals surface area contributed by atoms with Gasteiger partial charge < -0.3 is 5.32 Å². The van der Waals surface area contributed by atoms with Gasteiger partial charge in [0.1, 0.15) is 0 Å². The van der Waals surface area contributed by atoms with Crippen molar-refractivity contribution in [3.05, 3.63) is 0 Å². The summed E-state index contributed by atoms with van der Waals surface area (Å²) in [5, 5.41) is 3.10. The highest BCUT2D eigenvalue weighted by atomic mass is 32.2. The molecule has 76 valence electrons. The van der Waals surface area contributed by atoms with Crippen LogP contribution in [0.1, 0.15) is 12.8 Å². The van der Waals surface area contributed by atoms with Gasteiger partial charge in [0, 0.05) is 19.5 Å². The molecule has 0 heterocycles. The van der Waals surface area contributed by atoms with Gasteiger partial charge in [-0.25, -0.2) is 13.1 Å². The lowest BCUT2D eigenvalue weighted by molar-refractivity contribution is 0.580. The molecular weight excluding hydrogens is 188 g/mol. The number of terminal acetylenes is 1. The first-order chi connectivity index (χ1) is 6.06. The van der Waals surface area contributed by atoms with Crippen LogP contribution >= 0.6 is 0 Å². The van der Waals surface area contributed by atoms with Gasteiger partial charge in [-0.2, -0.15) is 0 Å². The van der Waals surface area contributed by atoms with E-state index < -0.39 is 10.0 Å². The van der Waals surface area contributed by atoms with E-state index in [-0.39, 0.29) is 0 Å². The lowest BCUT2D eigenvalue weighted by Crippen LogP contribution is -2.26. The second kappa shape index (κ2) is 6.89. The maximum absolute atomic E-state index is 10.6. The lowest BCUT2D eigenvalue weighted by atomic mass is 10.4. The summed E-state index contributed by atoms with van der Waals surface area (Å²) in [6.07, 6.45) is 7.68. The zero-order valence-electron chi connectivity index (χ0n) is 7.84. The molecule has 0 aromatic heterocycles. The summed E-state index contributed by atoms with van der Waals surface area (Å²) in [4.78, 5) is 0. The van der Waals surface area contributed by atoms with E-state index in [9.17, 15) is 8.42 Å². The van der Waals surface area contributed by atoms with E-state index in [4.69, 9.17) is 6.42 Å². The van der Waals surface area contributed by atoms with Gasteiger partial charge in [0.25, 0.3) is 0 Å². The summed E-state index contributed by atoms with van der Waals surface area (Å²) < 4.78 is 23.6. The molecule has 0 spiro atoms. The van der Waals surface area contributed by atoms with E-state index in [1.807, 2.05) is 0 Å². The molecule has 0 rings (SSSR count). The third-order valence-corrected chi connectivity index (χ3v) is 2.07. The topological polar surface area (TPSA) is 58.2 Å². The molecule has 5 heteroatoms.